The Hall–Kier alpha value is -2.08. The molecule has 0 aliphatic carbocycles. The highest BCUT2D eigenvalue weighted by Gasteiger charge is 1.98. The molecule has 0 amide bonds. The first-order chi connectivity index (χ1) is 8.63. The summed E-state index contributed by atoms with van der Waals surface area (Å²) in [5, 5.41) is 3.98. The number of benzene rings is 1. The van der Waals surface area contributed by atoms with Gasteiger partial charge in [0.25, 0.3) is 0 Å². The van der Waals surface area contributed by atoms with Gasteiger partial charge in [0.05, 0.1) is 18.6 Å². The Kier molecular flexibility index (Phi) is 3.78. The predicted octanol–water partition coefficient (Wildman–Crippen LogP) is 2.85. The molecule has 1 aromatic heterocycles. The average Bonchev–Trinajstić information content (AvgIpc) is 2.27. The van der Waals surface area contributed by atoms with E-state index in [1.54, 1.807) is 0 Å². The lowest BCUT2D eigenvalue weighted by atomic mass is 10.2. The van der Waals surface area contributed by atoms with Crippen LogP contribution >= 0.6 is 11.6 Å². The Balaban J connectivity index is 2.07. The number of hydrogen-bond donors (Lipinski definition) is 1. The number of aromatic nitrogens is 2. The van der Waals surface area contributed by atoms with E-state index >= 15 is 0 Å². The number of hydrogen-bond acceptors (Lipinski definition) is 4. The van der Waals surface area contributed by atoms with E-state index in [4.69, 9.17) is 11.6 Å². The van der Waals surface area contributed by atoms with Crippen LogP contribution in [0.5, 0.6) is 0 Å². The first kappa shape index (κ1) is 12.4. The molecule has 1 N–H and O–H groups in total. The fourth-order valence-electron chi connectivity index (χ4n) is 1.22. The van der Waals surface area contributed by atoms with Crippen LogP contribution in [0.3, 0.4) is 0 Å². The molecule has 0 bridgehead atoms. The van der Waals surface area contributed by atoms with E-state index in [0.717, 1.165) is 18.2 Å². The molecule has 0 spiro atoms. The van der Waals surface area contributed by atoms with Crippen LogP contribution in [0.2, 0.25) is 5.15 Å². The van der Waals surface area contributed by atoms with Crippen molar-refractivity contribution in [3.05, 3.63) is 52.9 Å². The van der Waals surface area contributed by atoms with Crippen LogP contribution in [-0.2, 0) is 0 Å². The Morgan fingerprint density at radius 1 is 1.17 bits per heavy atom. The summed E-state index contributed by atoms with van der Waals surface area (Å²) in [5.74, 6) is -1.01. The Morgan fingerprint density at radius 2 is 1.89 bits per heavy atom. The lowest BCUT2D eigenvalue weighted by molar-refractivity contribution is 0.583. The van der Waals surface area contributed by atoms with Crippen LogP contribution in [-0.4, -0.2) is 16.2 Å². The third-order valence-corrected chi connectivity index (χ3v) is 2.06. The average molecular weight is 269 g/mol. The van der Waals surface area contributed by atoms with Gasteiger partial charge in [0.1, 0.15) is 16.8 Å². The fourth-order valence-corrected chi connectivity index (χ4v) is 1.37. The van der Waals surface area contributed by atoms with Crippen molar-refractivity contribution in [3.8, 4) is 0 Å². The second-order valence-electron chi connectivity index (χ2n) is 3.30. The highest BCUT2D eigenvalue weighted by molar-refractivity contribution is 6.29. The largest absolute Gasteiger partial charge is 0.260 e. The normalized spacial score (nSPS) is 10.8. The maximum atomic E-state index is 12.9. The van der Waals surface area contributed by atoms with Gasteiger partial charge < -0.3 is 0 Å². The van der Waals surface area contributed by atoms with E-state index in [0.29, 0.717) is 5.82 Å². The van der Waals surface area contributed by atoms with Crippen molar-refractivity contribution >= 4 is 23.6 Å². The SMILES string of the molecule is Fc1cc(F)cc(C=NNc2cncc(Cl)n2)c1. The van der Waals surface area contributed by atoms with Gasteiger partial charge in [-0.05, 0) is 12.1 Å². The standard InChI is InChI=1S/C11H7ClF2N4/c12-10-5-15-6-11(17-10)18-16-4-7-1-8(13)3-9(14)2-7/h1-6H,(H,17,18). The van der Waals surface area contributed by atoms with E-state index in [9.17, 15) is 8.78 Å². The molecule has 4 nitrogen and oxygen atoms in total. The summed E-state index contributed by atoms with van der Waals surface area (Å²) in [7, 11) is 0. The van der Waals surface area contributed by atoms with Crippen LogP contribution in [0.4, 0.5) is 14.6 Å². The maximum Gasteiger partial charge on any atom is 0.166 e. The molecule has 92 valence electrons. The van der Waals surface area contributed by atoms with Crippen molar-refractivity contribution in [3.63, 3.8) is 0 Å². The zero-order valence-corrected chi connectivity index (χ0v) is 9.70. The van der Waals surface area contributed by atoms with Crippen molar-refractivity contribution in [2.75, 3.05) is 5.43 Å². The number of hydrazone groups is 1. The molecule has 0 radical (unpaired) electrons. The van der Waals surface area contributed by atoms with E-state index in [2.05, 4.69) is 20.5 Å². The molecule has 0 fully saturated rings. The van der Waals surface area contributed by atoms with Gasteiger partial charge in [-0.25, -0.2) is 13.8 Å². The van der Waals surface area contributed by atoms with Gasteiger partial charge in [0, 0.05) is 11.6 Å². The number of anilines is 1. The van der Waals surface area contributed by atoms with Gasteiger partial charge in [-0.3, -0.25) is 10.4 Å². The van der Waals surface area contributed by atoms with Gasteiger partial charge >= 0.3 is 0 Å². The van der Waals surface area contributed by atoms with Gasteiger partial charge in [-0.15, -0.1) is 0 Å². The van der Waals surface area contributed by atoms with Gasteiger partial charge in [0.2, 0.25) is 0 Å². The molecule has 0 aliphatic rings. The van der Waals surface area contributed by atoms with Crippen LogP contribution in [0.15, 0.2) is 35.7 Å². The highest BCUT2D eigenvalue weighted by atomic mass is 35.5. The van der Waals surface area contributed by atoms with E-state index < -0.39 is 11.6 Å². The van der Waals surface area contributed by atoms with Crippen molar-refractivity contribution in [2.45, 2.75) is 0 Å². The summed E-state index contributed by atoms with van der Waals surface area (Å²) >= 11 is 5.62. The predicted molar refractivity (Wildman–Crippen MR) is 64.6 cm³/mol. The van der Waals surface area contributed by atoms with Gasteiger partial charge in [0.15, 0.2) is 5.82 Å². The second-order valence-corrected chi connectivity index (χ2v) is 3.69. The van der Waals surface area contributed by atoms with Crippen LogP contribution in [0, 0.1) is 11.6 Å². The Bertz CT molecular complexity index is 569. The summed E-state index contributed by atoms with van der Waals surface area (Å²) in [5.41, 5.74) is 2.83. The molecular formula is C11H7ClF2N4. The van der Waals surface area contributed by atoms with Gasteiger partial charge in [-0.1, -0.05) is 11.6 Å². The molecule has 2 rings (SSSR count). The summed E-state index contributed by atoms with van der Waals surface area (Å²) < 4.78 is 25.7. The lowest BCUT2D eigenvalue weighted by Crippen LogP contribution is -1.95. The Morgan fingerprint density at radius 3 is 2.56 bits per heavy atom. The molecule has 1 aromatic carbocycles. The first-order valence-electron chi connectivity index (χ1n) is 4.86. The smallest absolute Gasteiger partial charge is 0.166 e. The number of halogens is 3. The minimum absolute atomic E-state index is 0.215. The van der Waals surface area contributed by atoms with Crippen LogP contribution in [0.1, 0.15) is 5.56 Å². The van der Waals surface area contributed by atoms with E-state index in [-0.39, 0.29) is 10.7 Å². The molecule has 1 heterocycles. The molecule has 0 aliphatic heterocycles. The molecular weight excluding hydrogens is 262 g/mol. The van der Waals surface area contributed by atoms with Crippen molar-refractivity contribution < 1.29 is 8.78 Å². The summed E-state index contributed by atoms with van der Waals surface area (Å²) in [6.07, 6.45) is 4.04. The van der Waals surface area contributed by atoms with Crippen molar-refractivity contribution in [1.82, 2.24) is 9.97 Å². The van der Waals surface area contributed by atoms with E-state index in [1.165, 1.54) is 18.6 Å². The third-order valence-electron chi connectivity index (χ3n) is 1.88. The quantitative estimate of drug-likeness (QED) is 0.688. The van der Waals surface area contributed by atoms with Crippen molar-refractivity contribution in [2.24, 2.45) is 5.10 Å². The molecule has 7 heteroatoms. The summed E-state index contributed by atoms with van der Waals surface area (Å²) in [4.78, 5) is 7.66. The minimum Gasteiger partial charge on any atom is -0.260 e. The number of nitrogens with one attached hydrogen (secondary N) is 1. The highest BCUT2D eigenvalue weighted by Crippen LogP contribution is 2.08. The second kappa shape index (κ2) is 5.50. The monoisotopic (exact) mass is 268 g/mol. The Labute approximate surface area is 106 Å². The molecule has 0 saturated heterocycles. The number of nitrogens with zero attached hydrogens (tertiary/aromatic N) is 3. The molecule has 18 heavy (non-hydrogen) atoms. The number of rotatable bonds is 3. The van der Waals surface area contributed by atoms with E-state index in [1.807, 2.05) is 0 Å². The van der Waals surface area contributed by atoms with Crippen molar-refractivity contribution in [1.29, 1.82) is 0 Å². The topological polar surface area (TPSA) is 50.2 Å². The minimum atomic E-state index is -0.668. The van der Waals surface area contributed by atoms with Crippen LogP contribution in [0.25, 0.3) is 0 Å². The lowest BCUT2D eigenvalue weighted by Gasteiger charge is -1.98. The fraction of sp³-hybridized carbons (Fsp3) is 0. The molecule has 2 aromatic rings. The maximum absolute atomic E-state index is 12.9. The third kappa shape index (κ3) is 3.46. The first-order valence-corrected chi connectivity index (χ1v) is 5.24. The van der Waals surface area contributed by atoms with Gasteiger partial charge in [-0.2, -0.15) is 5.10 Å². The summed E-state index contributed by atoms with van der Waals surface area (Å²) in [6.45, 7) is 0. The molecule has 0 atom stereocenters. The molecule has 0 unspecified atom stereocenters. The van der Waals surface area contributed by atoms with Crippen LogP contribution < -0.4 is 5.43 Å². The summed E-state index contributed by atoms with van der Waals surface area (Å²) in [6, 6.07) is 3.09. The zero-order chi connectivity index (χ0) is 13.0. The molecule has 0 saturated carbocycles. The zero-order valence-electron chi connectivity index (χ0n) is 8.94.